The van der Waals surface area contributed by atoms with Crippen LogP contribution in [-0.2, 0) is 19.0 Å². The molecule has 4 aromatic rings. The van der Waals surface area contributed by atoms with Gasteiger partial charge in [-0.05, 0) is 72.7 Å². The summed E-state index contributed by atoms with van der Waals surface area (Å²) < 4.78 is 49.1. The number of ether oxygens (including phenoxy) is 3. The fraction of sp³-hybridized carbons (Fsp3) is 0.467. The first-order chi connectivity index (χ1) is 21.9. The van der Waals surface area contributed by atoms with Gasteiger partial charge in [0.05, 0.1) is 41.5 Å². The second-order valence-electron chi connectivity index (χ2n) is 11.0. The molecule has 242 valence electrons. The lowest BCUT2D eigenvalue weighted by atomic mass is 9.74. The number of halogens is 3. The molecule has 3 heterocycles. The van der Waals surface area contributed by atoms with Gasteiger partial charge in [-0.2, -0.15) is 18.4 Å². The maximum atomic E-state index is 14.1. The molecule has 1 aliphatic rings. The summed E-state index contributed by atoms with van der Waals surface area (Å²) >= 11 is 3.09. The molecular formula is C30H35BrF2N6O4S2. The summed E-state index contributed by atoms with van der Waals surface area (Å²) in [5, 5.41) is 9.02. The van der Waals surface area contributed by atoms with Crippen molar-refractivity contribution in [3.63, 3.8) is 0 Å². The highest BCUT2D eigenvalue weighted by atomic mass is 79.9. The van der Waals surface area contributed by atoms with Gasteiger partial charge in [0.2, 0.25) is 0 Å². The van der Waals surface area contributed by atoms with E-state index in [1.807, 2.05) is 37.4 Å². The van der Waals surface area contributed by atoms with E-state index in [9.17, 15) is 12.6 Å². The summed E-state index contributed by atoms with van der Waals surface area (Å²) in [4.78, 5) is 18.5. The Kier molecular flexibility index (Phi) is 11.5. The zero-order valence-corrected chi connectivity index (χ0v) is 28.5. The molecule has 0 spiro atoms. The maximum absolute atomic E-state index is 14.1. The van der Waals surface area contributed by atoms with Gasteiger partial charge in [-0.3, -0.25) is 4.79 Å². The number of hydrogen-bond acceptors (Lipinski definition) is 10. The Labute approximate surface area is 278 Å². The van der Waals surface area contributed by atoms with Crippen LogP contribution in [0.25, 0.3) is 22.5 Å². The van der Waals surface area contributed by atoms with E-state index in [-0.39, 0.29) is 42.2 Å². The van der Waals surface area contributed by atoms with Crippen LogP contribution in [0, 0.1) is 6.92 Å². The van der Waals surface area contributed by atoms with Gasteiger partial charge in [0.25, 0.3) is 0 Å². The third-order valence-corrected chi connectivity index (χ3v) is 9.85. The number of rotatable bonds is 15. The third-order valence-electron chi connectivity index (χ3n) is 8.16. The van der Waals surface area contributed by atoms with Crippen molar-refractivity contribution in [2.75, 3.05) is 37.8 Å². The van der Waals surface area contributed by atoms with Crippen molar-refractivity contribution in [1.82, 2.24) is 24.4 Å². The van der Waals surface area contributed by atoms with Crippen LogP contribution in [0.4, 0.5) is 13.6 Å². The van der Waals surface area contributed by atoms with Gasteiger partial charge in [-0.25, -0.2) is 9.67 Å². The van der Waals surface area contributed by atoms with Crippen molar-refractivity contribution in [2.45, 2.75) is 57.0 Å². The number of carbonyl (C=O) groups is 1. The standard InChI is InChI=1S/C30H35BrF2N6O4S2/c1-20-6-4-7-23(16-20)37-19-22(17-34-37)24-18-35-38-28(24)36-27(26(31)29(38)39(44-32)45-33)21-9-11-30(12-10-21,43-15-14-42-3)25(40)8-5-13-41-2/h4,6-7,16-19,21H,5,8-15H2,1-3H3. The highest BCUT2D eigenvalue weighted by molar-refractivity contribution is 9.10. The Hall–Kier alpha value is -2.56. The van der Waals surface area contributed by atoms with E-state index < -0.39 is 5.60 Å². The van der Waals surface area contributed by atoms with Gasteiger partial charge < -0.3 is 14.2 Å². The average Bonchev–Trinajstić information content (AvgIpc) is 3.70. The quantitative estimate of drug-likeness (QED) is 0.0902. The minimum atomic E-state index is -0.927. The average molecular weight is 726 g/mol. The molecule has 0 amide bonds. The Bertz CT molecular complexity index is 1610. The number of benzene rings is 1. The molecule has 15 heteroatoms. The molecular weight excluding hydrogens is 690 g/mol. The molecule has 0 aliphatic heterocycles. The first-order valence-electron chi connectivity index (χ1n) is 14.6. The van der Waals surface area contributed by atoms with Crippen LogP contribution < -0.4 is 3.71 Å². The van der Waals surface area contributed by atoms with Crippen molar-refractivity contribution in [1.29, 1.82) is 0 Å². The number of Topliss-reactive ketones (excluding diaryl/α,β-unsaturated/α-hetero) is 1. The van der Waals surface area contributed by atoms with Crippen molar-refractivity contribution < 1.29 is 26.8 Å². The lowest BCUT2D eigenvalue weighted by Gasteiger charge is -2.39. The molecule has 5 rings (SSSR count). The first kappa shape index (κ1) is 33.8. The molecule has 1 aromatic carbocycles. The molecule has 3 aromatic heterocycles. The van der Waals surface area contributed by atoms with Crippen LogP contribution in [0.15, 0.2) is 47.3 Å². The van der Waals surface area contributed by atoms with Gasteiger partial charge in [0, 0.05) is 50.5 Å². The number of hydrogen-bond donors (Lipinski definition) is 0. The molecule has 1 aliphatic carbocycles. The van der Waals surface area contributed by atoms with Crippen molar-refractivity contribution >= 4 is 57.8 Å². The molecule has 0 atom stereocenters. The monoisotopic (exact) mass is 724 g/mol. The van der Waals surface area contributed by atoms with E-state index in [2.05, 4.69) is 26.1 Å². The van der Waals surface area contributed by atoms with E-state index >= 15 is 0 Å². The number of fused-ring (bicyclic) bond motifs is 1. The van der Waals surface area contributed by atoms with Crippen LogP contribution in [0.3, 0.4) is 0 Å². The van der Waals surface area contributed by atoms with Gasteiger partial charge >= 0.3 is 0 Å². The number of nitrogens with zero attached hydrogens (tertiary/aromatic N) is 6. The second-order valence-corrected chi connectivity index (χ2v) is 13.0. The third kappa shape index (κ3) is 7.23. The predicted octanol–water partition coefficient (Wildman–Crippen LogP) is 7.58. The van der Waals surface area contributed by atoms with Gasteiger partial charge in [0.15, 0.2) is 41.9 Å². The minimum absolute atomic E-state index is 0.0507. The molecule has 0 saturated heterocycles. The van der Waals surface area contributed by atoms with Gasteiger partial charge in [0.1, 0.15) is 5.60 Å². The zero-order chi connectivity index (χ0) is 32.0. The molecule has 45 heavy (non-hydrogen) atoms. The topological polar surface area (TPSA) is 96.0 Å². The largest absolute Gasteiger partial charge is 0.385 e. The zero-order valence-electron chi connectivity index (χ0n) is 25.2. The number of methoxy groups -OCH3 is 2. The SMILES string of the molecule is COCCCC(=O)C1(OCCOC)CCC(c2nc3c(-c4cnn(-c5cccc(C)c5)c4)cnn3c(N(SF)SF)c2Br)CC1. The smallest absolute Gasteiger partial charge is 0.180 e. The summed E-state index contributed by atoms with van der Waals surface area (Å²) in [6.45, 7) is 3.20. The Morgan fingerprint density at radius 3 is 2.56 bits per heavy atom. The molecule has 0 radical (unpaired) electrons. The van der Waals surface area contributed by atoms with Gasteiger partial charge in [-0.15, -0.1) is 7.77 Å². The lowest BCUT2D eigenvalue weighted by molar-refractivity contribution is -0.152. The van der Waals surface area contributed by atoms with Crippen molar-refractivity contribution in [2.24, 2.45) is 0 Å². The maximum Gasteiger partial charge on any atom is 0.180 e. The summed E-state index contributed by atoms with van der Waals surface area (Å²) in [5.41, 5.74) is 3.56. The van der Waals surface area contributed by atoms with Crippen LogP contribution in [0.2, 0.25) is 0 Å². The summed E-state index contributed by atoms with van der Waals surface area (Å²) in [5.74, 6) is 0.105. The van der Waals surface area contributed by atoms with Crippen LogP contribution in [0.1, 0.15) is 55.7 Å². The van der Waals surface area contributed by atoms with E-state index in [1.54, 1.807) is 31.3 Å². The molecule has 0 N–H and O–H groups in total. The normalized spacial score (nSPS) is 18.5. The number of aromatic nitrogens is 5. The van der Waals surface area contributed by atoms with Crippen molar-refractivity contribution in [3.05, 3.63) is 58.6 Å². The number of anilines is 1. The molecule has 1 fully saturated rings. The molecule has 0 unspecified atom stereocenters. The van der Waals surface area contributed by atoms with Crippen LogP contribution in [0.5, 0.6) is 0 Å². The molecule has 0 bridgehead atoms. The molecule has 10 nitrogen and oxygen atoms in total. The molecule has 1 saturated carbocycles. The Morgan fingerprint density at radius 1 is 1.11 bits per heavy atom. The summed E-state index contributed by atoms with van der Waals surface area (Å²) in [7, 11) is 3.21. The Morgan fingerprint density at radius 2 is 1.87 bits per heavy atom. The van der Waals surface area contributed by atoms with E-state index in [1.165, 1.54) is 4.52 Å². The second kappa shape index (κ2) is 15.4. The fourth-order valence-electron chi connectivity index (χ4n) is 5.84. The summed E-state index contributed by atoms with van der Waals surface area (Å²) in [6, 6.07) is 7.97. The first-order valence-corrected chi connectivity index (χ1v) is 16.7. The van der Waals surface area contributed by atoms with E-state index in [0.717, 1.165) is 20.5 Å². The minimum Gasteiger partial charge on any atom is -0.385 e. The highest BCUT2D eigenvalue weighted by Gasteiger charge is 2.43. The van der Waals surface area contributed by atoms with Crippen LogP contribution in [-0.4, -0.2) is 69.8 Å². The van der Waals surface area contributed by atoms with Crippen molar-refractivity contribution in [3.8, 4) is 16.8 Å². The predicted molar refractivity (Wildman–Crippen MR) is 176 cm³/mol. The number of carbonyl (C=O) groups excluding carboxylic acids is 1. The van der Waals surface area contributed by atoms with Gasteiger partial charge in [-0.1, -0.05) is 12.1 Å². The van der Waals surface area contributed by atoms with E-state index in [0.29, 0.717) is 79.7 Å². The van der Waals surface area contributed by atoms with Crippen LogP contribution >= 0.6 is 40.6 Å². The Balaban J connectivity index is 1.50. The fourth-order valence-corrected chi connectivity index (χ4v) is 7.39. The number of ketones is 1. The lowest BCUT2D eigenvalue weighted by Crippen LogP contribution is -2.45. The highest BCUT2D eigenvalue weighted by Crippen LogP contribution is 2.47. The summed E-state index contributed by atoms with van der Waals surface area (Å²) in [6.07, 6.45) is 8.33. The number of aryl methyl sites for hydroxylation is 1. The van der Waals surface area contributed by atoms with E-state index in [4.69, 9.17) is 19.2 Å².